The summed E-state index contributed by atoms with van der Waals surface area (Å²) in [6.07, 6.45) is 1.22. The molecule has 0 aliphatic heterocycles. The van der Waals surface area contributed by atoms with E-state index >= 15 is 0 Å². The highest BCUT2D eigenvalue weighted by molar-refractivity contribution is 6.60. The maximum atomic E-state index is 10.9. The van der Waals surface area contributed by atoms with Crippen LogP contribution in [0.2, 0.25) is 6.04 Å². The van der Waals surface area contributed by atoms with E-state index in [1.165, 1.54) is 20.3 Å². The Morgan fingerprint density at radius 3 is 2.31 bits per heavy atom. The van der Waals surface area contributed by atoms with Gasteiger partial charge in [-0.05, 0) is 6.08 Å². The van der Waals surface area contributed by atoms with Crippen molar-refractivity contribution in [3.05, 3.63) is 12.7 Å². The van der Waals surface area contributed by atoms with Crippen LogP contribution in [0.25, 0.3) is 0 Å². The zero-order valence-corrected chi connectivity index (χ0v) is 9.33. The molecule has 0 aromatic heterocycles. The molecule has 4 nitrogen and oxygen atoms in total. The first-order valence-electron chi connectivity index (χ1n) is 4.03. The summed E-state index contributed by atoms with van der Waals surface area (Å²) in [6, 6.07) is 0.643. The van der Waals surface area contributed by atoms with E-state index in [1.54, 1.807) is 0 Å². The Hall–Kier alpha value is -0.493. The van der Waals surface area contributed by atoms with E-state index in [2.05, 4.69) is 6.58 Å². The summed E-state index contributed by atoms with van der Waals surface area (Å²) in [5.74, 6) is -0.167. The normalized spacial score (nSPS) is 11.3. The largest absolute Gasteiger partial charge is 0.500 e. The van der Waals surface area contributed by atoms with Gasteiger partial charge in [0.05, 0.1) is 0 Å². The van der Waals surface area contributed by atoms with Gasteiger partial charge in [0.15, 0.2) is 5.78 Å². The lowest BCUT2D eigenvalue weighted by atomic mass is 10.4. The van der Waals surface area contributed by atoms with Crippen LogP contribution in [0.5, 0.6) is 0 Å². The van der Waals surface area contributed by atoms with Crippen LogP contribution in [-0.4, -0.2) is 35.4 Å². The molecule has 0 saturated carbocycles. The van der Waals surface area contributed by atoms with E-state index in [4.69, 9.17) is 13.3 Å². The van der Waals surface area contributed by atoms with Crippen molar-refractivity contribution < 1.29 is 18.1 Å². The lowest BCUT2D eigenvalue weighted by molar-refractivity contribution is -0.117. The maximum absolute atomic E-state index is 10.9. The Morgan fingerprint density at radius 2 is 2.00 bits per heavy atom. The predicted molar refractivity (Wildman–Crippen MR) is 51.4 cm³/mol. The summed E-state index contributed by atoms with van der Waals surface area (Å²) in [7, 11) is 0.486. The van der Waals surface area contributed by atoms with Gasteiger partial charge >= 0.3 is 8.80 Å². The number of carbonyl (C=O) groups excluding carboxylic acids is 1. The minimum absolute atomic E-state index is 0.0226. The third-order valence-corrected chi connectivity index (χ3v) is 4.41. The number of hydrogen-bond donors (Lipinski definition) is 0. The summed E-state index contributed by atoms with van der Waals surface area (Å²) in [6.45, 7) is 5.22. The average Bonchev–Trinajstić information content (AvgIpc) is 2.20. The topological polar surface area (TPSA) is 44.8 Å². The van der Waals surface area contributed by atoms with Gasteiger partial charge in [-0.15, -0.1) is 0 Å². The smallest absolute Gasteiger partial charge is 0.377 e. The van der Waals surface area contributed by atoms with Gasteiger partial charge in [-0.3, -0.25) is 4.79 Å². The lowest BCUT2D eigenvalue weighted by Crippen LogP contribution is -2.44. The van der Waals surface area contributed by atoms with Gasteiger partial charge in [0.1, 0.15) is 6.61 Å². The van der Waals surface area contributed by atoms with Gasteiger partial charge in [-0.1, -0.05) is 13.5 Å². The van der Waals surface area contributed by atoms with E-state index < -0.39 is 8.80 Å². The number of carbonyl (C=O) groups is 1. The monoisotopic (exact) mass is 204 g/mol. The zero-order chi connectivity index (χ0) is 10.3. The third kappa shape index (κ3) is 3.82. The van der Waals surface area contributed by atoms with Crippen molar-refractivity contribution in [2.75, 3.05) is 20.8 Å². The first-order chi connectivity index (χ1) is 6.14. The van der Waals surface area contributed by atoms with E-state index in [9.17, 15) is 4.79 Å². The van der Waals surface area contributed by atoms with Crippen LogP contribution in [0.15, 0.2) is 12.7 Å². The molecule has 0 saturated heterocycles. The molecular weight excluding hydrogens is 188 g/mol. The fourth-order valence-corrected chi connectivity index (χ4v) is 2.38. The molecule has 0 spiro atoms. The van der Waals surface area contributed by atoms with E-state index in [0.29, 0.717) is 6.04 Å². The second kappa shape index (κ2) is 6.04. The van der Waals surface area contributed by atoms with Gasteiger partial charge in [-0.2, -0.15) is 0 Å². The molecule has 5 heteroatoms. The molecule has 0 rings (SSSR count). The molecule has 0 fully saturated rings. The van der Waals surface area contributed by atoms with Gasteiger partial charge < -0.3 is 13.3 Å². The van der Waals surface area contributed by atoms with Crippen molar-refractivity contribution in [3.8, 4) is 0 Å². The molecule has 0 atom stereocenters. The van der Waals surface area contributed by atoms with Crippen molar-refractivity contribution in [3.63, 3.8) is 0 Å². The molecule has 0 aromatic carbocycles. The highest BCUT2D eigenvalue weighted by Gasteiger charge is 2.36. The van der Waals surface area contributed by atoms with Gasteiger partial charge in [0, 0.05) is 20.3 Å². The van der Waals surface area contributed by atoms with Crippen molar-refractivity contribution in [2.24, 2.45) is 0 Å². The number of rotatable bonds is 7. The molecule has 0 N–H and O–H groups in total. The molecule has 76 valence electrons. The Bertz CT molecular complexity index is 169. The highest BCUT2D eigenvalue weighted by atomic mass is 28.4. The van der Waals surface area contributed by atoms with Crippen LogP contribution in [-0.2, 0) is 18.1 Å². The predicted octanol–water partition coefficient (Wildman–Crippen LogP) is 1.01. The van der Waals surface area contributed by atoms with Crippen LogP contribution >= 0.6 is 0 Å². The Morgan fingerprint density at radius 1 is 1.46 bits per heavy atom. The minimum atomic E-state index is -2.57. The third-order valence-electron chi connectivity index (χ3n) is 1.72. The molecule has 0 aliphatic rings. The first-order valence-corrected chi connectivity index (χ1v) is 5.96. The van der Waals surface area contributed by atoms with Crippen LogP contribution in [0.3, 0.4) is 0 Å². The standard InChI is InChI=1S/C8H16O4Si/c1-5-8(9)7-12-13(6-2,10-3)11-4/h5H,1,6-7H2,2-4H3. The van der Waals surface area contributed by atoms with Gasteiger partial charge in [0.25, 0.3) is 0 Å². The summed E-state index contributed by atoms with van der Waals surface area (Å²) in [4.78, 5) is 10.9. The van der Waals surface area contributed by atoms with E-state index in [-0.39, 0.29) is 12.4 Å². The second-order valence-electron chi connectivity index (χ2n) is 2.40. The molecule has 0 radical (unpaired) electrons. The van der Waals surface area contributed by atoms with Crippen molar-refractivity contribution in [2.45, 2.75) is 13.0 Å². The second-order valence-corrected chi connectivity index (χ2v) is 5.58. The minimum Gasteiger partial charge on any atom is -0.377 e. The fourth-order valence-electron chi connectivity index (χ4n) is 0.832. The SMILES string of the molecule is C=CC(=O)CO[Si](CC)(OC)OC. The summed E-state index contributed by atoms with van der Waals surface area (Å²) in [5, 5.41) is 0. The number of ketones is 1. The van der Waals surface area contributed by atoms with Crippen molar-refractivity contribution in [1.29, 1.82) is 0 Å². The van der Waals surface area contributed by atoms with Crippen LogP contribution in [0.1, 0.15) is 6.92 Å². The molecule has 0 bridgehead atoms. The highest BCUT2D eigenvalue weighted by Crippen LogP contribution is 2.12. The van der Waals surface area contributed by atoms with Crippen LogP contribution in [0.4, 0.5) is 0 Å². The molecule has 0 aromatic rings. The Balaban J connectivity index is 4.09. The van der Waals surface area contributed by atoms with Gasteiger partial charge in [0.2, 0.25) is 0 Å². The van der Waals surface area contributed by atoms with Crippen molar-refractivity contribution >= 4 is 14.6 Å². The van der Waals surface area contributed by atoms with Gasteiger partial charge in [-0.25, -0.2) is 0 Å². The Labute approximate surface area is 79.9 Å². The summed E-state index contributed by atoms with van der Waals surface area (Å²) >= 11 is 0. The van der Waals surface area contributed by atoms with Crippen molar-refractivity contribution in [1.82, 2.24) is 0 Å². The molecule has 0 aliphatic carbocycles. The van der Waals surface area contributed by atoms with E-state index in [0.717, 1.165) is 0 Å². The fraction of sp³-hybridized carbons (Fsp3) is 0.625. The quantitative estimate of drug-likeness (QED) is 0.458. The lowest BCUT2D eigenvalue weighted by Gasteiger charge is -2.24. The zero-order valence-electron chi connectivity index (χ0n) is 8.33. The van der Waals surface area contributed by atoms with Crippen LogP contribution < -0.4 is 0 Å². The maximum Gasteiger partial charge on any atom is 0.500 e. The molecular formula is C8H16O4Si. The first kappa shape index (κ1) is 12.5. The molecule has 0 amide bonds. The molecule has 0 heterocycles. The number of hydrogen-bond acceptors (Lipinski definition) is 4. The van der Waals surface area contributed by atoms with E-state index in [1.807, 2.05) is 6.92 Å². The summed E-state index contributed by atoms with van der Waals surface area (Å²) in [5.41, 5.74) is 0. The van der Waals surface area contributed by atoms with Crippen LogP contribution in [0, 0.1) is 0 Å². The average molecular weight is 204 g/mol. The Kier molecular flexibility index (Phi) is 5.81. The summed E-state index contributed by atoms with van der Waals surface area (Å²) < 4.78 is 15.6. The molecule has 13 heavy (non-hydrogen) atoms. The molecule has 0 unspecified atom stereocenters.